The Labute approximate surface area is 103 Å². The van der Waals surface area contributed by atoms with Crippen molar-refractivity contribution < 1.29 is 4.79 Å². The topological polar surface area (TPSA) is 20.3 Å². The predicted octanol–water partition coefficient (Wildman–Crippen LogP) is 3.33. The van der Waals surface area contributed by atoms with E-state index in [1.54, 1.807) is 0 Å². The summed E-state index contributed by atoms with van der Waals surface area (Å²) in [6.07, 6.45) is 4.63. The number of hydrogen-bond donors (Lipinski definition) is 0. The molecule has 2 heteroatoms. The van der Waals surface area contributed by atoms with Crippen molar-refractivity contribution in [3.05, 3.63) is 29.8 Å². The van der Waals surface area contributed by atoms with Crippen molar-refractivity contribution in [2.24, 2.45) is 5.92 Å². The Morgan fingerprint density at radius 2 is 1.94 bits per heavy atom. The maximum atomic E-state index is 12.5. The molecule has 0 N–H and O–H groups in total. The molecule has 1 aliphatic heterocycles. The Hall–Kier alpha value is -1.31. The fourth-order valence-electron chi connectivity index (χ4n) is 3.22. The van der Waals surface area contributed by atoms with E-state index in [0.29, 0.717) is 11.8 Å². The molecule has 1 unspecified atom stereocenters. The zero-order chi connectivity index (χ0) is 11.8. The molecule has 1 fully saturated rings. The standard InChI is InChI=1S/C15H19NO/c1-11-10-16(14-9-5-4-8-13(11)14)15(17)12-6-2-3-7-12/h4-5,8-9,11-12H,2-3,6-7,10H2,1H3. The van der Waals surface area contributed by atoms with Gasteiger partial charge in [-0.05, 0) is 24.5 Å². The molecule has 17 heavy (non-hydrogen) atoms. The highest BCUT2D eigenvalue weighted by molar-refractivity contribution is 5.97. The van der Waals surface area contributed by atoms with Crippen LogP contribution in [0.3, 0.4) is 0 Å². The summed E-state index contributed by atoms with van der Waals surface area (Å²) in [4.78, 5) is 14.5. The van der Waals surface area contributed by atoms with Gasteiger partial charge in [0, 0.05) is 24.1 Å². The molecule has 3 rings (SSSR count). The minimum absolute atomic E-state index is 0.286. The molecule has 0 spiro atoms. The van der Waals surface area contributed by atoms with Gasteiger partial charge in [0.2, 0.25) is 5.91 Å². The van der Waals surface area contributed by atoms with Crippen LogP contribution in [0.15, 0.2) is 24.3 Å². The molecule has 1 aromatic rings. The number of benzene rings is 1. The second-order valence-corrected chi connectivity index (χ2v) is 5.39. The molecule has 0 aromatic heterocycles. The zero-order valence-corrected chi connectivity index (χ0v) is 10.4. The van der Waals surface area contributed by atoms with Crippen molar-refractivity contribution in [1.82, 2.24) is 0 Å². The molecular formula is C15H19NO. The van der Waals surface area contributed by atoms with E-state index in [9.17, 15) is 4.79 Å². The van der Waals surface area contributed by atoms with Gasteiger partial charge < -0.3 is 4.90 Å². The van der Waals surface area contributed by atoms with Gasteiger partial charge in [0.05, 0.1) is 0 Å². The van der Waals surface area contributed by atoms with Crippen LogP contribution in [0.25, 0.3) is 0 Å². The summed E-state index contributed by atoms with van der Waals surface area (Å²) in [5, 5.41) is 0. The molecule has 1 saturated carbocycles. The monoisotopic (exact) mass is 229 g/mol. The van der Waals surface area contributed by atoms with Crippen molar-refractivity contribution in [1.29, 1.82) is 0 Å². The average molecular weight is 229 g/mol. The minimum Gasteiger partial charge on any atom is -0.311 e. The molecule has 1 aliphatic carbocycles. The van der Waals surface area contributed by atoms with Crippen molar-refractivity contribution in [3.8, 4) is 0 Å². The van der Waals surface area contributed by atoms with Gasteiger partial charge in [0.25, 0.3) is 0 Å². The summed E-state index contributed by atoms with van der Waals surface area (Å²) in [6.45, 7) is 3.08. The Bertz CT molecular complexity index is 434. The molecule has 2 nitrogen and oxygen atoms in total. The van der Waals surface area contributed by atoms with Crippen LogP contribution in [0.1, 0.15) is 44.1 Å². The van der Waals surface area contributed by atoms with Gasteiger partial charge in [-0.2, -0.15) is 0 Å². The molecule has 0 radical (unpaired) electrons. The van der Waals surface area contributed by atoms with Crippen molar-refractivity contribution in [3.63, 3.8) is 0 Å². The molecule has 0 bridgehead atoms. The number of amides is 1. The van der Waals surface area contributed by atoms with Gasteiger partial charge in [-0.15, -0.1) is 0 Å². The van der Waals surface area contributed by atoms with Crippen LogP contribution in [0.5, 0.6) is 0 Å². The molecule has 90 valence electrons. The summed E-state index contributed by atoms with van der Waals surface area (Å²) >= 11 is 0. The minimum atomic E-state index is 0.286. The van der Waals surface area contributed by atoms with E-state index in [1.165, 1.54) is 18.4 Å². The molecule has 1 amide bonds. The van der Waals surface area contributed by atoms with Crippen LogP contribution in [-0.2, 0) is 4.79 Å². The van der Waals surface area contributed by atoms with Gasteiger partial charge in [-0.1, -0.05) is 38.0 Å². The van der Waals surface area contributed by atoms with Gasteiger partial charge in [0.1, 0.15) is 0 Å². The first-order valence-corrected chi connectivity index (χ1v) is 6.67. The number of rotatable bonds is 1. The number of para-hydroxylation sites is 1. The lowest BCUT2D eigenvalue weighted by Gasteiger charge is -2.21. The third kappa shape index (κ3) is 1.76. The summed E-state index contributed by atoms with van der Waals surface area (Å²) in [5.74, 6) is 1.13. The predicted molar refractivity (Wildman–Crippen MR) is 69.2 cm³/mol. The van der Waals surface area contributed by atoms with E-state index in [1.807, 2.05) is 11.0 Å². The Morgan fingerprint density at radius 3 is 2.71 bits per heavy atom. The number of carbonyl (C=O) groups is 1. The van der Waals surface area contributed by atoms with Crippen LogP contribution in [-0.4, -0.2) is 12.5 Å². The van der Waals surface area contributed by atoms with Crippen molar-refractivity contribution in [2.75, 3.05) is 11.4 Å². The maximum Gasteiger partial charge on any atom is 0.230 e. The van der Waals surface area contributed by atoms with Gasteiger partial charge in [-0.3, -0.25) is 4.79 Å². The lowest BCUT2D eigenvalue weighted by atomic mass is 10.0. The third-order valence-electron chi connectivity index (χ3n) is 4.19. The van der Waals surface area contributed by atoms with E-state index in [2.05, 4.69) is 25.1 Å². The number of nitrogens with zero attached hydrogens (tertiary/aromatic N) is 1. The van der Waals surface area contributed by atoms with Crippen molar-refractivity contribution >= 4 is 11.6 Å². The molecule has 1 atom stereocenters. The maximum absolute atomic E-state index is 12.5. The first-order valence-electron chi connectivity index (χ1n) is 6.67. The molecule has 2 aliphatic rings. The van der Waals surface area contributed by atoms with Crippen molar-refractivity contribution in [2.45, 2.75) is 38.5 Å². The summed E-state index contributed by atoms with van der Waals surface area (Å²) in [5.41, 5.74) is 2.48. The van der Waals surface area contributed by atoms with E-state index < -0.39 is 0 Å². The van der Waals surface area contributed by atoms with E-state index in [4.69, 9.17) is 0 Å². The Balaban J connectivity index is 1.88. The van der Waals surface area contributed by atoms with Gasteiger partial charge >= 0.3 is 0 Å². The largest absolute Gasteiger partial charge is 0.311 e. The second kappa shape index (κ2) is 4.17. The van der Waals surface area contributed by atoms with Gasteiger partial charge in [-0.25, -0.2) is 0 Å². The highest BCUT2D eigenvalue weighted by Gasteiger charge is 2.34. The summed E-state index contributed by atoms with van der Waals surface area (Å²) in [6, 6.07) is 8.35. The lowest BCUT2D eigenvalue weighted by Crippen LogP contribution is -2.34. The van der Waals surface area contributed by atoms with Gasteiger partial charge in [0.15, 0.2) is 0 Å². The quantitative estimate of drug-likeness (QED) is 0.723. The first kappa shape index (κ1) is 10.8. The van der Waals surface area contributed by atoms with E-state index in [0.717, 1.165) is 25.1 Å². The number of fused-ring (bicyclic) bond motifs is 1. The molecule has 1 heterocycles. The SMILES string of the molecule is CC1CN(C(=O)C2CCCC2)c2ccccc21. The van der Waals surface area contributed by atoms with Crippen LogP contribution < -0.4 is 4.90 Å². The lowest BCUT2D eigenvalue weighted by molar-refractivity contribution is -0.122. The van der Waals surface area contributed by atoms with E-state index in [-0.39, 0.29) is 5.92 Å². The Kier molecular flexibility index (Phi) is 2.65. The number of carbonyl (C=O) groups excluding carboxylic acids is 1. The summed E-state index contributed by atoms with van der Waals surface area (Å²) < 4.78 is 0. The fraction of sp³-hybridized carbons (Fsp3) is 0.533. The summed E-state index contributed by atoms with van der Waals surface area (Å²) in [7, 11) is 0. The third-order valence-corrected chi connectivity index (χ3v) is 4.19. The smallest absolute Gasteiger partial charge is 0.230 e. The molecule has 1 aromatic carbocycles. The first-order chi connectivity index (χ1) is 8.27. The average Bonchev–Trinajstić information content (AvgIpc) is 2.97. The molecular weight excluding hydrogens is 210 g/mol. The fourth-order valence-corrected chi connectivity index (χ4v) is 3.22. The van der Waals surface area contributed by atoms with Crippen LogP contribution in [0.4, 0.5) is 5.69 Å². The second-order valence-electron chi connectivity index (χ2n) is 5.39. The normalized spacial score (nSPS) is 24.1. The van der Waals surface area contributed by atoms with E-state index >= 15 is 0 Å². The highest BCUT2D eigenvalue weighted by Crippen LogP contribution is 2.38. The number of anilines is 1. The number of hydrogen-bond acceptors (Lipinski definition) is 1. The zero-order valence-electron chi connectivity index (χ0n) is 10.4. The molecule has 0 saturated heterocycles. The van der Waals surface area contributed by atoms with Crippen LogP contribution >= 0.6 is 0 Å². The Morgan fingerprint density at radius 1 is 1.24 bits per heavy atom. The highest BCUT2D eigenvalue weighted by atomic mass is 16.2. The van der Waals surface area contributed by atoms with Crippen LogP contribution in [0, 0.1) is 5.92 Å². The van der Waals surface area contributed by atoms with Crippen LogP contribution in [0.2, 0.25) is 0 Å².